The average molecular weight is 674 g/mol. The highest BCUT2D eigenvalue weighted by Gasteiger charge is 2.50. The molecule has 2 N–H and O–H groups in total. The van der Waals surface area contributed by atoms with Crippen LogP contribution in [0.2, 0.25) is 0 Å². The summed E-state index contributed by atoms with van der Waals surface area (Å²) < 4.78 is 44.3. The predicted octanol–water partition coefficient (Wildman–Crippen LogP) is 6.54. The number of phenolic OH excluding ortho intramolecular Hbond substituents is 1. The van der Waals surface area contributed by atoms with E-state index in [1.54, 1.807) is 19.1 Å². The molecule has 9 nitrogen and oxygen atoms in total. The third-order valence-corrected chi connectivity index (χ3v) is 11.5. The lowest BCUT2D eigenvalue weighted by atomic mass is 9.73. The molecule has 8 rings (SSSR count). The van der Waals surface area contributed by atoms with E-state index in [0.717, 1.165) is 38.6 Å². The maximum atomic E-state index is 17.0. The van der Waals surface area contributed by atoms with E-state index >= 15 is 8.78 Å². The number of nitrogens with zero attached hydrogens (tertiary/aromatic N) is 5. The van der Waals surface area contributed by atoms with Crippen LogP contribution in [0.25, 0.3) is 32.9 Å². The van der Waals surface area contributed by atoms with Crippen molar-refractivity contribution in [1.29, 1.82) is 0 Å². The molecule has 0 spiro atoms. The number of benzene rings is 2. The van der Waals surface area contributed by atoms with Crippen LogP contribution in [0, 0.1) is 17.0 Å². The number of phenols is 1. The molecule has 11 heteroatoms. The zero-order chi connectivity index (χ0) is 33.9. The van der Waals surface area contributed by atoms with Crippen molar-refractivity contribution in [2.24, 2.45) is 5.41 Å². The number of halogens is 2. The lowest BCUT2D eigenvalue weighted by Gasteiger charge is -2.51. The van der Waals surface area contributed by atoms with E-state index in [-0.39, 0.29) is 47.1 Å². The molecule has 49 heavy (non-hydrogen) atoms. The van der Waals surface area contributed by atoms with Gasteiger partial charge in [-0.15, -0.1) is 0 Å². The summed E-state index contributed by atoms with van der Waals surface area (Å²) in [4.78, 5) is 18.8. The standard InChI is InChI=1S/C38H45F2N5O4/c1-3-26-29(39)11-10-23-17-25(46)18-27(31(23)26)33-32(40)34-28(19-41-33)35(44-15-16-48-21-37(2,47)20-44)43-36(42-34)49-22-38-12-5-9-30(38)45(14-6-13-38)24-7-4-8-24/h10-11,17-19,24,30,46-47H,3-9,12-16,20-22H2,1-2H3/t30-,37+,38-/m1/s1. The first-order valence-corrected chi connectivity index (χ1v) is 17.9. The van der Waals surface area contributed by atoms with Crippen molar-refractivity contribution in [3.8, 4) is 23.0 Å². The Hall–Kier alpha value is -3.67. The van der Waals surface area contributed by atoms with Crippen LogP contribution in [0.15, 0.2) is 30.5 Å². The van der Waals surface area contributed by atoms with Gasteiger partial charge >= 0.3 is 6.01 Å². The van der Waals surface area contributed by atoms with Gasteiger partial charge in [-0.2, -0.15) is 9.97 Å². The molecule has 4 aliphatic rings. The minimum Gasteiger partial charge on any atom is -0.508 e. The number of aryl methyl sites for hydroxylation is 1. The van der Waals surface area contributed by atoms with E-state index in [2.05, 4.69) is 9.88 Å². The molecule has 2 saturated heterocycles. The van der Waals surface area contributed by atoms with Gasteiger partial charge in [0, 0.05) is 35.8 Å². The minimum atomic E-state index is -1.16. The molecule has 2 saturated carbocycles. The molecule has 2 aromatic carbocycles. The Kier molecular flexibility index (Phi) is 8.35. The number of β-amino-alcohol motifs (C(OH)–C–C–N with tert-alkyl or cyclic N) is 1. The van der Waals surface area contributed by atoms with Crippen molar-refractivity contribution in [3.05, 3.63) is 47.7 Å². The van der Waals surface area contributed by atoms with Crippen molar-refractivity contribution in [2.75, 3.05) is 44.4 Å². The number of anilines is 1. The second-order valence-electron chi connectivity index (χ2n) is 14.9. The molecule has 4 aromatic rings. The molecule has 0 unspecified atom stereocenters. The Labute approximate surface area is 285 Å². The van der Waals surface area contributed by atoms with E-state index in [4.69, 9.17) is 19.4 Å². The van der Waals surface area contributed by atoms with Crippen molar-refractivity contribution in [2.45, 2.75) is 89.3 Å². The lowest BCUT2D eigenvalue weighted by molar-refractivity contribution is -0.0399. The Morgan fingerprint density at radius 1 is 1.06 bits per heavy atom. The fourth-order valence-corrected chi connectivity index (χ4v) is 9.03. The molecule has 260 valence electrons. The van der Waals surface area contributed by atoms with Crippen LogP contribution in [-0.4, -0.2) is 87.2 Å². The zero-order valence-corrected chi connectivity index (χ0v) is 28.4. The van der Waals surface area contributed by atoms with Crippen LogP contribution in [0.1, 0.15) is 70.8 Å². The summed E-state index contributed by atoms with van der Waals surface area (Å²) in [5.41, 5.74) is -0.498. The predicted molar refractivity (Wildman–Crippen MR) is 184 cm³/mol. The molecule has 2 aromatic heterocycles. The van der Waals surface area contributed by atoms with Gasteiger partial charge in [-0.25, -0.2) is 8.78 Å². The smallest absolute Gasteiger partial charge is 0.319 e. The van der Waals surface area contributed by atoms with Crippen LogP contribution in [0.5, 0.6) is 11.8 Å². The molecule has 0 bridgehead atoms. The Balaban J connectivity index is 1.24. The monoisotopic (exact) mass is 673 g/mol. The molecule has 0 amide bonds. The Morgan fingerprint density at radius 2 is 1.90 bits per heavy atom. The number of rotatable bonds is 7. The van der Waals surface area contributed by atoms with Crippen LogP contribution >= 0.6 is 0 Å². The highest BCUT2D eigenvalue weighted by Crippen LogP contribution is 2.50. The van der Waals surface area contributed by atoms with Crippen molar-refractivity contribution in [3.63, 3.8) is 0 Å². The van der Waals surface area contributed by atoms with Crippen LogP contribution < -0.4 is 9.64 Å². The van der Waals surface area contributed by atoms with Gasteiger partial charge in [0.2, 0.25) is 0 Å². The van der Waals surface area contributed by atoms with E-state index in [1.165, 1.54) is 37.6 Å². The topological polar surface area (TPSA) is 104 Å². The van der Waals surface area contributed by atoms with Gasteiger partial charge in [0.15, 0.2) is 5.82 Å². The summed E-state index contributed by atoms with van der Waals surface area (Å²) in [6, 6.07) is 7.12. The van der Waals surface area contributed by atoms with Gasteiger partial charge in [-0.3, -0.25) is 9.88 Å². The number of likely N-dealkylation sites (tertiary alicyclic amines) is 1. The largest absolute Gasteiger partial charge is 0.508 e. The van der Waals surface area contributed by atoms with Crippen molar-refractivity contribution >= 4 is 27.5 Å². The van der Waals surface area contributed by atoms with Gasteiger partial charge < -0.3 is 24.6 Å². The molecule has 2 aliphatic heterocycles. The highest BCUT2D eigenvalue weighted by molar-refractivity contribution is 6.01. The molecule has 0 radical (unpaired) electrons. The number of pyridine rings is 1. The molecule has 3 atom stereocenters. The van der Waals surface area contributed by atoms with E-state index in [9.17, 15) is 10.2 Å². The second-order valence-corrected chi connectivity index (χ2v) is 14.9. The lowest BCUT2D eigenvalue weighted by Crippen LogP contribution is -2.57. The second kappa shape index (κ2) is 12.6. The van der Waals surface area contributed by atoms with Crippen LogP contribution in [0.4, 0.5) is 14.6 Å². The molecular formula is C38H45F2N5O4. The minimum absolute atomic E-state index is 0.00447. The SMILES string of the molecule is CCc1c(F)ccc2cc(O)cc(-c3ncc4c(N5CCOC[C@@](C)(O)C5)nc(OC[C@]56CCC[C@H]5N(C5CCC5)CCC6)nc4c3F)c12. The third-order valence-electron chi connectivity index (χ3n) is 11.5. The molecule has 4 fully saturated rings. The number of aromatic hydroxyl groups is 1. The van der Waals surface area contributed by atoms with Gasteiger partial charge in [-0.1, -0.05) is 25.8 Å². The first kappa shape index (κ1) is 32.5. The van der Waals surface area contributed by atoms with Crippen LogP contribution in [-0.2, 0) is 11.2 Å². The number of piperidine rings is 1. The van der Waals surface area contributed by atoms with E-state index in [0.29, 0.717) is 65.8 Å². The fourth-order valence-electron chi connectivity index (χ4n) is 9.03. The fraction of sp³-hybridized carbons (Fsp3) is 0.553. The summed E-state index contributed by atoms with van der Waals surface area (Å²) in [6.45, 7) is 6.28. The number of fused-ring (bicyclic) bond motifs is 3. The number of aliphatic hydroxyl groups is 1. The summed E-state index contributed by atoms with van der Waals surface area (Å²) in [5, 5.41) is 23.1. The Morgan fingerprint density at radius 3 is 2.69 bits per heavy atom. The number of ether oxygens (including phenoxy) is 2. The van der Waals surface area contributed by atoms with Crippen molar-refractivity contribution in [1.82, 2.24) is 19.9 Å². The van der Waals surface area contributed by atoms with E-state index in [1.807, 2.05) is 11.8 Å². The maximum Gasteiger partial charge on any atom is 0.319 e. The maximum absolute atomic E-state index is 17.0. The van der Waals surface area contributed by atoms with Gasteiger partial charge in [-0.05, 0) is 92.9 Å². The summed E-state index contributed by atoms with van der Waals surface area (Å²) in [7, 11) is 0. The van der Waals surface area contributed by atoms with Gasteiger partial charge in [0.05, 0.1) is 31.8 Å². The van der Waals surface area contributed by atoms with Crippen LogP contribution in [0.3, 0.4) is 0 Å². The molecular weight excluding hydrogens is 628 g/mol. The average Bonchev–Trinajstić information content (AvgIpc) is 3.41. The summed E-state index contributed by atoms with van der Waals surface area (Å²) in [6.07, 6.45) is 11.3. The summed E-state index contributed by atoms with van der Waals surface area (Å²) in [5.74, 6) is -0.787. The number of aromatic nitrogens is 3. The van der Waals surface area contributed by atoms with Crippen molar-refractivity contribution < 1.29 is 28.5 Å². The van der Waals surface area contributed by atoms with Gasteiger partial charge in [0.1, 0.15) is 34.2 Å². The molecule has 4 heterocycles. The third kappa shape index (κ3) is 5.77. The Bertz CT molecular complexity index is 1900. The molecule has 2 aliphatic carbocycles. The summed E-state index contributed by atoms with van der Waals surface area (Å²) >= 11 is 0. The number of hydrogen-bond acceptors (Lipinski definition) is 9. The van der Waals surface area contributed by atoms with Gasteiger partial charge in [0.25, 0.3) is 0 Å². The first-order valence-electron chi connectivity index (χ1n) is 17.9. The highest BCUT2D eigenvalue weighted by atomic mass is 19.1. The first-order chi connectivity index (χ1) is 23.7. The normalized spacial score (nSPS) is 26.6. The number of hydrogen-bond donors (Lipinski definition) is 2. The quantitative estimate of drug-likeness (QED) is 0.226. The van der Waals surface area contributed by atoms with E-state index < -0.39 is 17.2 Å². The zero-order valence-electron chi connectivity index (χ0n) is 28.4.